The van der Waals surface area contributed by atoms with Gasteiger partial charge in [0.25, 0.3) is 0 Å². The first kappa shape index (κ1) is 16.6. The van der Waals surface area contributed by atoms with Gasteiger partial charge >= 0.3 is 0 Å². The molecule has 1 aliphatic heterocycles. The third kappa shape index (κ3) is 2.16. The number of allylic oxidation sites excluding steroid dienone is 3. The maximum Gasteiger partial charge on any atom is 0.172 e. The van der Waals surface area contributed by atoms with Crippen molar-refractivity contribution < 1.29 is 9.47 Å². The van der Waals surface area contributed by atoms with Crippen molar-refractivity contribution >= 4 is 0 Å². The summed E-state index contributed by atoms with van der Waals surface area (Å²) in [4.78, 5) is 0. The minimum atomic E-state index is -0.271. The summed E-state index contributed by atoms with van der Waals surface area (Å²) in [5.41, 5.74) is 4.30. The van der Waals surface area contributed by atoms with Gasteiger partial charge in [-0.25, -0.2) is 0 Å². The Labute approximate surface area is 153 Å². The molecule has 138 valence electrons. The van der Waals surface area contributed by atoms with Crippen molar-refractivity contribution in [3.8, 4) is 0 Å². The highest BCUT2D eigenvalue weighted by Gasteiger charge is 2.59. The maximum atomic E-state index is 6.05. The summed E-state index contributed by atoms with van der Waals surface area (Å²) in [6.07, 6.45) is 15.3. The highest BCUT2D eigenvalue weighted by molar-refractivity contribution is 5.29. The zero-order chi connectivity index (χ0) is 17.3. The Balaban J connectivity index is 1.46. The molecule has 0 N–H and O–H groups in total. The third-order valence-corrected chi connectivity index (χ3v) is 9.12. The van der Waals surface area contributed by atoms with Crippen molar-refractivity contribution in [1.29, 1.82) is 0 Å². The largest absolute Gasteiger partial charge is 0.347 e. The van der Waals surface area contributed by atoms with Gasteiger partial charge in [0.05, 0.1) is 13.2 Å². The molecule has 5 aliphatic rings. The van der Waals surface area contributed by atoms with Gasteiger partial charge in [-0.2, -0.15) is 0 Å². The van der Waals surface area contributed by atoms with Crippen LogP contribution in [0.1, 0.15) is 72.1 Å². The van der Waals surface area contributed by atoms with Gasteiger partial charge in [0, 0.05) is 12.8 Å². The lowest BCUT2D eigenvalue weighted by molar-refractivity contribution is -0.184. The molecular formula is C23H34O2. The minimum absolute atomic E-state index is 0.271. The summed E-state index contributed by atoms with van der Waals surface area (Å²) < 4.78 is 12.1. The zero-order valence-corrected chi connectivity index (χ0v) is 16.3. The van der Waals surface area contributed by atoms with Crippen LogP contribution in [-0.2, 0) is 9.47 Å². The minimum Gasteiger partial charge on any atom is -0.347 e. The summed E-state index contributed by atoms with van der Waals surface area (Å²) in [7, 11) is 0. The molecule has 0 amide bonds. The van der Waals surface area contributed by atoms with E-state index in [-0.39, 0.29) is 5.79 Å². The van der Waals surface area contributed by atoms with Crippen LogP contribution in [0.15, 0.2) is 23.3 Å². The van der Waals surface area contributed by atoms with E-state index < -0.39 is 0 Å². The van der Waals surface area contributed by atoms with Crippen molar-refractivity contribution in [3.63, 3.8) is 0 Å². The molecule has 0 aromatic rings. The Kier molecular flexibility index (Phi) is 3.61. The molecule has 3 unspecified atom stereocenters. The van der Waals surface area contributed by atoms with E-state index >= 15 is 0 Å². The van der Waals surface area contributed by atoms with Gasteiger partial charge in [-0.15, -0.1) is 0 Å². The van der Waals surface area contributed by atoms with E-state index in [0.717, 1.165) is 43.8 Å². The maximum absolute atomic E-state index is 6.05. The molecule has 1 saturated heterocycles. The lowest BCUT2D eigenvalue weighted by Crippen LogP contribution is -2.51. The second-order valence-corrected chi connectivity index (χ2v) is 9.85. The molecule has 3 saturated carbocycles. The van der Waals surface area contributed by atoms with Crippen molar-refractivity contribution in [2.45, 2.75) is 77.9 Å². The van der Waals surface area contributed by atoms with Crippen LogP contribution in [-0.4, -0.2) is 19.0 Å². The summed E-state index contributed by atoms with van der Waals surface area (Å²) in [6, 6.07) is 0. The van der Waals surface area contributed by atoms with Crippen molar-refractivity contribution in [2.24, 2.45) is 28.6 Å². The topological polar surface area (TPSA) is 18.5 Å². The molecule has 4 fully saturated rings. The summed E-state index contributed by atoms with van der Waals surface area (Å²) in [6.45, 7) is 8.97. The number of ether oxygens (including phenoxy) is 2. The van der Waals surface area contributed by atoms with Crippen LogP contribution >= 0.6 is 0 Å². The Bertz CT molecular complexity index is 626. The zero-order valence-electron chi connectivity index (χ0n) is 16.3. The SMILES string of the molecule is C/C=C1/CCC2C3CC=C4CC5(CC[C@]4(C)C3CC[C@]12C)OCCO5. The van der Waals surface area contributed by atoms with Gasteiger partial charge in [-0.1, -0.05) is 37.1 Å². The Morgan fingerprint density at radius 1 is 1.00 bits per heavy atom. The van der Waals surface area contributed by atoms with Gasteiger partial charge in [0.15, 0.2) is 5.79 Å². The van der Waals surface area contributed by atoms with Crippen LogP contribution < -0.4 is 0 Å². The van der Waals surface area contributed by atoms with E-state index in [1.807, 2.05) is 0 Å². The molecule has 2 heteroatoms. The van der Waals surface area contributed by atoms with E-state index in [0.29, 0.717) is 10.8 Å². The van der Waals surface area contributed by atoms with Crippen LogP contribution in [0, 0.1) is 28.6 Å². The quantitative estimate of drug-likeness (QED) is 0.530. The van der Waals surface area contributed by atoms with Crippen LogP contribution in [0.3, 0.4) is 0 Å². The van der Waals surface area contributed by atoms with Gasteiger partial charge in [-0.05, 0) is 74.0 Å². The summed E-state index contributed by atoms with van der Waals surface area (Å²) in [5.74, 6) is 2.40. The second kappa shape index (κ2) is 5.45. The highest BCUT2D eigenvalue weighted by Crippen LogP contribution is 2.66. The van der Waals surface area contributed by atoms with Crippen LogP contribution in [0.5, 0.6) is 0 Å². The third-order valence-electron chi connectivity index (χ3n) is 9.12. The smallest absolute Gasteiger partial charge is 0.172 e. The standard InChI is InChI=1S/C23H34O2/c1-4-16-6-8-19-18-7-5-17-15-23(24-13-14-25-23)12-11-22(17,3)20(18)9-10-21(16,19)2/h4-5,18-20H,6-15H2,1-3H3/b16-4-/t18?,19?,20?,21-,22+/m1/s1. The second-order valence-electron chi connectivity index (χ2n) is 9.85. The monoisotopic (exact) mass is 342 g/mol. The highest BCUT2D eigenvalue weighted by atomic mass is 16.7. The Hall–Kier alpha value is -0.600. The van der Waals surface area contributed by atoms with Crippen LogP contribution in [0.4, 0.5) is 0 Å². The molecule has 25 heavy (non-hydrogen) atoms. The van der Waals surface area contributed by atoms with Gasteiger partial charge in [0.2, 0.25) is 0 Å². The molecule has 5 rings (SSSR count). The molecule has 1 heterocycles. The van der Waals surface area contributed by atoms with Gasteiger partial charge < -0.3 is 9.47 Å². The molecule has 0 radical (unpaired) electrons. The Morgan fingerprint density at radius 2 is 1.76 bits per heavy atom. The lowest BCUT2D eigenvalue weighted by Gasteiger charge is -2.58. The first-order valence-corrected chi connectivity index (χ1v) is 10.6. The van der Waals surface area contributed by atoms with Crippen LogP contribution in [0.25, 0.3) is 0 Å². The normalized spacial score (nSPS) is 49.6. The number of hydrogen-bond donors (Lipinski definition) is 0. The molecule has 0 aromatic heterocycles. The molecular weight excluding hydrogens is 308 g/mol. The van der Waals surface area contributed by atoms with E-state index in [2.05, 4.69) is 32.9 Å². The van der Waals surface area contributed by atoms with Gasteiger partial charge in [0.1, 0.15) is 0 Å². The molecule has 5 atom stereocenters. The predicted molar refractivity (Wildman–Crippen MR) is 100 cm³/mol. The molecule has 2 nitrogen and oxygen atoms in total. The predicted octanol–water partition coefficient (Wildman–Crippen LogP) is 5.64. The van der Waals surface area contributed by atoms with Crippen molar-refractivity contribution in [2.75, 3.05) is 13.2 Å². The van der Waals surface area contributed by atoms with E-state index in [1.54, 1.807) is 11.1 Å². The van der Waals surface area contributed by atoms with E-state index in [4.69, 9.17) is 9.47 Å². The first-order valence-electron chi connectivity index (χ1n) is 10.6. The molecule has 4 aliphatic carbocycles. The van der Waals surface area contributed by atoms with Crippen molar-refractivity contribution in [3.05, 3.63) is 23.3 Å². The first-order chi connectivity index (χ1) is 12.0. The average Bonchev–Trinajstić information content (AvgIpc) is 3.19. The molecule has 1 spiro atoms. The number of rotatable bonds is 0. The fraction of sp³-hybridized carbons (Fsp3) is 0.826. The van der Waals surface area contributed by atoms with Gasteiger partial charge in [-0.3, -0.25) is 0 Å². The number of hydrogen-bond acceptors (Lipinski definition) is 2. The Morgan fingerprint density at radius 3 is 2.52 bits per heavy atom. The molecule has 0 bridgehead atoms. The fourth-order valence-corrected chi connectivity index (χ4v) is 7.67. The summed E-state index contributed by atoms with van der Waals surface area (Å²) in [5, 5.41) is 0. The average molecular weight is 343 g/mol. The fourth-order valence-electron chi connectivity index (χ4n) is 7.67. The number of fused-ring (bicyclic) bond motifs is 5. The lowest BCUT2D eigenvalue weighted by atomic mass is 9.47. The summed E-state index contributed by atoms with van der Waals surface area (Å²) >= 11 is 0. The molecule has 0 aromatic carbocycles. The van der Waals surface area contributed by atoms with E-state index in [9.17, 15) is 0 Å². The van der Waals surface area contributed by atoms with E-state index in [1.165, 1.54) is 38.5 Å². The van der Waals surface area contributed by atoms with Crippen LogP contribution in [0.2, 0.25) is 0 Å². The van der Waals surface area contributed by atoms with Crippen molar-refractivity contribution in [1.82, 2.24) is 0 Å².